The van der Waals surface area contributed by atoms with E-state index in [4.69, 9.17) is 9.52 Å². The molecule has 0 aliphatic carbocycles. The minimum atomic E-state index is -1.17. The lowest BCUT2D eigenvalue weighted by Gasteiger charge is -2.21. The second-order valence-corrected chi connectivity index (χ2v) is 6.53. The minimum absolute atomic E-state index is 0.312. The van der Waals surface area contributed by atoms with E-state index in [1.54, 1.807) is 36.4 Å². The van der Waals surface area contributed by atoms with Gasteiger partial charge in [-0.1, -0.05) is 54.2 Å². The number of carboxylic acids is 2. The molecular formula is C18H15NO5S. The smallest absolute Gasteiger partial charge is 0.308 e. The number of thioether (sulfide) groups is 1. The van der Waals surface area contributed by atoms with Crippen molar-refractivity contribution in [3.8, 4) is 0 Å². The molecular weight excluding hydrogens is 342 g/mol. The SMILES string of the molecule is O=C(O)CC(C(=O)O)C(Sc1nc2ccccc2o1)c1ccccc1. The highest BCUT2D eigenvalue weighted by Gasteiger charge is 2.33. The zero-order valence-electron chi connectivity index (χ0n) is 13.0. The third-order valence-corrected chi connectivity index (χ3v) is 4.94. The van der Waals surface area contributed by atoms with Crippen LogP contribution >= 0.6 is 11.8 Å². The molecule has 3 rings (SSSR count). The summed E-state index contributed by atoms with van der Waals surface area (Å²) in [5.41, 5.74) is 1.98. The molecule has 1 heterocycles. The molecule has 25 heavy (non-hydrogen) atoms. The molecule has 0 aliphatic rings. The highest BCUT2D eigenvalue weighted by molar-refractivity contribution is 7.99. The van der Waals surface area contributed by atoms with Crippen LogP contribution in [0.2, 0.25) is 0 Å². The minimum Gasteiger partial charge on any atom is -0.481 e. The Morgan fingerprint density at radius 2 is 1.72 bits per heavy atom. The van der Waals surface area contributed by atoms with Gasteiger partial charge in [0.2, 0.25) is 0 Å². The van der Waals surface area contributed by atoms with Crippen LogP contribution in [0.1, 0.15) is 17.2 Å². The quantitative estimate of drug-likeness (QED) is 0.620. The Kier molecular flexibility index (Phi) is 5.04. The molecule has 0 saturated carbocycles. The Morgan fingerprint density at radius 3 is 2.36 bits per heavy atom. The molecule has 0 fully saturated rings. The summed E-state index contributed by atoms with van der Waals surface area (Å²) in [6.45, 7) is 0. The summed E-state index contributed by atoms with van der Waals surface area (Å²) < 4.78 is 5.67. The number of rotatable bonds is 7. The fourth-order valence-corrected chi connectivity index (χ4v) is 3.72. The lowest BCUT2D eigenvalue weighted by molar-refractivity contribution is -0.148. The topological polar surface area (TPSA) is 101 Å². The zero-order valence-corrected chi connectivity index (χ0v) is 13.8. The number of carboxylic acid groups (broad SMARTS) is 2. The van der Waals surface area contributed by atoms with Gasteiger partial charge in [0.25, 0.3) is 5.22 Å². The Hall–Kier alpha value is -2.80. The molecule has 0 aliphatic heterocycles. The number of benzene rings is 2. The first-order valence-corrected chi connectivity index (χ1v) is 8.44. The molecule has 6 nitrogen and oxygen atoms in total. The largest absolute Gasteiger partial charge is 0.481 e. The van der Waals surface area contributed by atoms with Crippen LogP contribution in [0.4, 0.5) is 0 Å². The monoisotopic (exact) mass is 357 g/mol. The summed E-state index contributed by atoms with van der Waals surface area (Å²) >= 11 is 1.12. The van der Waals surface area contributed by atoms with Gasteiger partial charge in [0.15, 0.2) is 5.58 Å². The molecule has 2 unspecified atom stereocenters. The van der Waals surface area contributed by atoms with Crippen LogP contribution in [-0.2, 0) is 9.59 Å². The third kappa shape index (κ3) is 4.00. The average Bonchev–Trinajstić information content (AvgIpc) is 3.01. The molecule has 7 heteroatoms. The van der Waals surface area contributed by atoms with E-state index in [1.807, 2.05) is 18.2 Å². The van der Waals surface area contributed by atoms with Crippen LogP contribution in [0.3, 0.4) is 0 Å². The maximum atomic E-state index is 11.7. The zero-order chi connectivity index (χ0) is 17.8. The van der Waals surface area contributed by atoms with Crippen LogP contribution in [0.15, 0.2) is 64.2 Å². The van der Waals surface area contributed by atoms with Crippen LogP contribution in [0.5, 0.6) is 0 Å². The van der Waals surface area contributed by atoms with Crippen molar-refractivity contribution in [3.05, 3.63) is 60.2 Å². The summed E-state index contributed by atoms with van der Waals surface area (Å²) in [4.78, 5) is 27.2. The van der Waals surface area contributed by atoms with Gasteiger partial charge in [-0.2, -0.15) is 0 Å². The lowest BCUT2D eigenvalue weighted by Crippen LogP contribution is -2.23. The maximum absolute atomic E-state index is 11.7. The van der Waals surface area contributed by atoms with Gasteiger partial charge >= 0.3 is 11.9 Å². The predicted molar refractivity (Wildman–Crippen MR) is 92.4 cm³/mol. The second-order valence-electron chi connectivity index (χ2n) is 5.44. The van der Waals surface area contributed by atoms with Crippen molar-refractivity contribution in [2.75, 3.05) is 0 Å². The summed E-state index contributed by atoms with van der Waals surface area (Å²) in [5.74, 6) is -3.44. The fraction of sp³-hybridized carbons (Fsp3) is 0.167. The van der Waals surface area contributed by atoms with Crippen LogP contribution in [0.25, 0.3) is 11.1 Å². The number of fused-ring (bicyclic) bond motifs is 1. The van der Waals surface area contributed by atoms with Crippen LogP contribution < -0.4 is 0 Å². The number of oxazole rings is 1. The molecule has 0 spiro atoms. The van der Waals surface area contributed by atoms with Crippen LogP contribution in [-0.4, -0.2) is 27.1 Å². The first kappa shape index (κ1) is 17.0. The van der Waals surface area contributed by atoms with Crippen molar-refractivity contribution in [2.45, 2.75) is 16.9 Å². The summed E-state index contributed by atoms with van der Waals surface area (Å²) in [6, 6.07) is 16.2. The van der Waals surface area contributed by atoms with E-state index in [0.29, 0.717) is 21.9 Å². The van der Waals surface area contributed by atoms with Gasteiger partial charge in [0, 0.05) is 0 Å². The van der Waals surface area contributed by atoms with Crippen molar-refractivity contribution >= 4 is 34.8 Å². The molecule has 1 aromatic heterocycles. The Balaban J connectivity index is 1.98. The molecule has 2 atom stereocenters. The molecule has 0 bridgehead atoms. The number of aromatic nitrogens is 1. The molecule has 2 aromatic carbocycles. The number of para-hydroxylation sites is 2. The van der Waals surface area contributed by atoms with E-state index in [1.165, 1.54) is 0 Å². The van der Waals surface area contributed by atoms with E-state index >= 15 is 0 Å². The predicted octanol–water partition coefficient (Wildman–Crippen LogP) is 3.84. The number of hydrogen-bond acceptors (Lipinski definition) is 5. The van der Waals surface area contributed by atoms with Gasteiger partial charge in [-0.3, -0.25) is 9.59 Å². The lowest BCUT2D eigenvalue weighted by atomic mass is 9.95. The molecule has 128 valence electrons. The summed E-state index contributed by atoms with van der Waals surface area (Å²) in [6.07, 6.45) is -0.484. The Bertz CT molecular complexity index is 860. The van der Waals surface area contributed by atoms with Crippen molar-refractivity contribution in [1.29, 1.82) is 0 Å². The highest BCUT2D eigenvalue weighted by atomic mass is 32.2. The van der Waals surface area contributed by atoms with Crippen molar-refractivity contribution in [3.63, 3.8) is 0 Å². The number of carbonyl (C=O) groups is 2. The van der Waals surface area contributed by atoms with E-state index in [9.17, 15) is 14.7 Å². The maximum Gasteiger partial charge on any atom is 0.308 e. The van der Waals surface area contributed by atoms with Crippen molar-refractivity contribution in [2.24, 2.45) is 5.92 Å². The molecule has 0 saturated heterocycles. The van der Waals surface area contributed by atoms with Crippen LogP contribution in [0, 0.1) is 5.92 Å². The van der Waals surface area contributed by atoms with Gasteiger partial charge in [0.05, 0.1) is 17.6 Å². The third-order valence-electron chi connectivity index (χ3n) is 3.71. The average molecular weight is 357 g/mol. The molecule has 0 amide bonds. The molecule has 2 N–H and O–H groups in total. The first-order chi connectivity index (χ1) is 12.0. The standard InChI is InChI=1S/C18H15NO5S/c20-15(21)10-12(17(22)23)16(11-6-2-1-3-7-11)25-18-19-13-8-4-5-9-14(13)24-18/h1-9,12,16H,10H2,(H,20,21)(H,22,23). The van der Waals surface area contributed by atoms with E-state index in [2.05, 4.69) is 4.98 Å². The summed E-state index contributed by atoms with van der Waals surface area (Å²) in [7, 11) is 0. The van der Waals surface area contributed by atoms with E-state index in [0.717, 1.165) is 11.8 Å². The van der Waals surface area contributed by atoms with Crippen molar-refractivity contribution < 1.29 is 24.2 Å². The van der Waals surface area contributed by atoms with Crippen molar-refractivity contribution in [1.82, 2.24) is 4.98 Å². The first-order valence-electron chi connectivity index (χ1n) is 7.56. The van der Waals surface area contributed by atoms with E-state index < -0.39 is 29.5 Å². The Morgan fingerprint density at radius 1 is 1.04 bits per heavy atom. The van der Waals surface area contributed by atoms with Gasteiger partial charge in [-0.05, 0) is 17.7 Å². The molecule has 0 radical (unpaired) electrons. The van der Waals surface area contributed by atoms with Gasteiger partial charge in [-0.15, -0.1) is 0 Å². The number of hydrogen-bond donors (Lipinski definition) is 2. The fourth-order valence-electron chi connectivity index (χ4n) is 2.55. The van der Waals surface area contributed by atoms with Gasteiger partial charge < -0.3 is 14.6 Å². The Labute approximate surface area is 147 Å². The molecule has 3 aromatic rings. The van der Waals surface area contributed by atoms with Gasteiger partial charge in [0.1, 0.15) is 5.52 Å². The number of nitrogens with zero attached hydrogens (tertiary/aromatic N) is 1. The normalized spacial score (nSPS) is 13.4. The van der Waals surface area contributed by atoms with Gasteiger partial charge in [-0.25, -0.2) is 4.98 Å². The highest BCUT2D eigenvalue weighted by Crippen LogP contribution is 2.42. The summed E-state index contributed by atoms with van der Waals surface area (Å²) in [5, 5.41) is 18.3. The van der Waals surface area contributed by atoms with E-state index in [-0.39, 0.29) is 0 Å². The number of aliphatic carboxylic acids is 2. The second kappa shape index (κ2) is 7.40.